The average molecular weight is 261 g/mol. The molecule has 2 amide bonds. The molecule has 0 unspecified atom stereocenters. The van der Waals surface area contributed by atoms with E-state index in [9.17, 15) is 9.59 Å². The lowest BCUT2D eigenvalue weighted by molar-refractivity contribution is -0.117. The third-order valence-corrected chi connectivity index (χ3v) is 3.11. The molecule has 19 heavy (non-hydrogen) atoms. The minimum atomic E-state index is -0.0192. The number of anilines is 2. The van der Waals surface area contributed by atoms with Gasteiger partial charge in [-0.1, -0.05) is 6.92 Å². The van der Waals surface area contributed by atoms with Gasteiger partial charge in [0.1, 0.15) is 0 Å². The van der Waals surface area contributed by atoms with Gasteiger partial charge in [-0.3, -0.25) is 9.59 Å². The molecule has 0 aromatic heterocycles. The third-order valence-electron chi connectivity index (χ3n) is 3.11. The maximum Gasteiger partial charge on any atom is 0.224 e. The van der Waals surface area contributed by atoms with Crippen molar-refractivity contribution < 1.29 is 9.59 Å². The van der Waals surface area contributed by atoms with Crippen LogP contribution in [0.15, 0.2) is 24.3 Å². The minimum absolute atomic E-state index is 0.0192. The topological polar surface area (TPSA) is 70.2 Å². The van der Waals surface area contributed by atoms with Crippen LogP contribution in [0.1, 0.15) is 19.8 Å². The van der Waals surface area contributed by atoms with Crippen LogP contribution in [0.4, 0.5) is 11.4 Å². The Morgan fingerprint density at radius 1 is 1.11 bits per heavy atom. The number of carbonyl (C=O) groups excluding carboxylic acids is 2. The van der Waals surface area contributed by atoms with Gasteiger partial charge in [-0.2, -0.15) is 0 Å². The van der Waals surface area contributed by atoms with Crippen molar-refractivity contribution in [1.82, 2.24) is 5.32 Å². The minimum Gasteiger partial charge on any atom is -0.326 e. The van der Waals surface area contributed by atoms with E-state index in [0.29, 0.717) is 18.8 Å². The molecule has 0 atom stereocenters. The molecular weight excluding hydrogens is 242 g/mol. The van der Waals surface area contributed by atoms with E-state index in [4.69, 9.17) is 0 Å². The number of amides is 2. The number of hydrogen-bond acceptors (Lipinski definition) is 3. The molecule has 1 aromatic carbocycles. The number of hydrogen-bond donors (Lipinski definition) is 3. The van der Waals surface area contributed by atoms with E-state index in [2.05, 4.69) is 16.0 Å². The van der Waals surface area contributed by atoms with Gasteiger partial charge in [-0.05, 0) is 43.3 Å². The summed E-state index contributed by atoms with van der Waals surface area (Å²) in [6, 6.07) is 7.16. The first kappa shape index (κ1) is 13.5. The monoisotopic (exact) mass is 261 g/mol. The lowest BCUT2D eigenvalue weighted by atomic mass is 9.99. The van der Waals surface area contributed by atoms with Crippen molar-refractivity contribution >= 4 is 23.2 Å². The van der Waals surface area contributed by atoms with Crippen LogP contribution in [-0.2, 0) is 9.59 Å². The van der Waals surface area contributed by atoms with Crippen molar-refractivity contribution in [2.45, 2.75) is 19.8 Å². The van der Waals surface area contributed by atoms with Gasteiger partial charge < -0.3 is 16.0 Å². The average Bonchev–Trinajstić information content (AvgIpc) is 2.36. The van der Waals surface area contributed by atoms with E-state index in [1.54, 1.807) is 31.2 Å². The van der Waals surface area contributed by atoms with E-state index in [-0.39, 0.29) is 11.8 Å². The van der Waals surface area contributed by atoms with Gasteiger partial charge in [0.2, 0.25) is 11.8 Å². The molecule has 0 radical (unpaired) electrons. The summed E-state index contributed by atoms with van der Waals surface area (Å²) in [5, 5.41) is 8.76. The molecule has 0 saturated carbocycles. The Morgan fingerprint density at radius 3 is 2.05 bits per heavy atom. The zero-order chi connectivity index (χ0) is 13.7. The Balaban J connectivity index is 1.83. The van der Waals surface area contributed by atoms with Crippen LogP contribution in [-0.4, -0.2) is 24.9 Å². The number of benzene rings is 1. The molecule has 5 nitrogen and oxygen atoms in total. The maximum atomic E-state index is 11.7. The second-order valence-electron chi connectivity index (χ2n) is 4.76. The first-order valence-electron chi connectivity index (χ1n) is 6.58. The van der Waals surface area contributed by atoms with Crippen LogP contribution in [0.3, 0.4) is 0 Å². The molecule has 0 spiro atoms. The first-order valence-corrected chi connectivity index (χ1v) is 6.58. The fourth-order valence-electron chi connectivity index (χ4n) is 1.85. The molecule has 0 aliphatic carbocycles. The summed E-state index contributed by atoms with van der Waals surface area (Å²) in [4.78, 5) is 22.9. The summed E-state index contributed by atoms with van der Waals surface area (Å²) >= 11 is 0. The van der Waals surface area contributed by atoms with Gasteiger partial charge in [0.25, 0.3) is 0 Å². The summed E-state index contributed by atoms with van der Waals surface area (Å²) in [5.41, 5.74) is 1.50. The summed E-state index contributed by atoms with van der Waals surface area (Å²) in [6.45, 7) is 3.66. The predicted octanol–water partition coefficient (Wildman–Crippen LogP) is 1.58. The highest BCUT2D eigenvalue weighted by molar-refractivity contribution is 5.92. The Morgan fingerprint density at radius 2 is 1.63 bits per heavy atom. The van der Waals surface area contributed by atoms with E-state index >= 15 is 0 Å². The SMILES string of the molecule is CCC(=O)Nc1ccc(NC(=O)CC2CNC2)cc1. The molecular formula is C14H19N3O2. The normalized spacial score (nSPS) is 14.6. The summed E-state index contributed by atoms with van der Waals surface area (Å²) < 4.78 is 0. The zero-order valence-electron chi connectivity index (χ0n) is 11.0. The van der Waals surface area contributed by atoms with Gasteiger partial charge >= 0.3 is 0 Å². The quantitative estimate of drug-likeness (QED) is 0.753. The van der Waals surface area contributed by atoms with Crippen LogP contribution >= 0.6 is 0 Å². The Kier molecular flexibility index (Phi) is 4.52. The summed E-state index contributed by atoms with van der Waals surface area (Å²) in [5.74, 6) is 0.481. The standard InChI is InChI=1S/C14H19N3O2/c1-2-13(18)16-11-3-5-12(6-4-11)17-14(19)7-10-8-15-9-10/h3-6,10,15H,2,7-9H2,1H3,(H,16,18)(H,17,19). The van der Waals surface area contributed by atoms with Gasteiger partial charge in [-0.15, -0.1) is 0 Å². The molecule has 1 fully saturated rings. The van der Waals surface area contributed by atoms with Crippen molar-refractivity contribution in [3.8, 4) is 0 Å². The first-order chi connectivity index (χ1) is 9.17. The second-order valence-corrected chi connectivity index (χ2v) is 4.76. The lowest BCUT2D eigenvalue weighted by Crippen LogP contribution is -2.43. The van der Waals surface area contributed by atoms with Crippen molar-refractivity contribution in [1.29, 1.82) is 0 Å². The predicted molar refractivity (Wildman–Crippen MR) is 75.0 cm³/mol. The summed E-state index contributed by atoms with van der Waals surface area (Å²) in [6.07, 6.45) is 1.01. The van der Waals surface area contributed by atoms with E-state index in [1.807, 2.05) is 0 Å². The Bertz CT molecular complexity index is 452. The third kappa shape index (κ3) is 4.06. The highest BCUT2D eigenvalue weighted by Gasteiger charge is 2.19. The highest BCUT2D eigenvalue weighted by Crippen LogP contribution is 2.15. The maximum absolute atomic E-state index is 11.7. The molecule has 3 N–H and O–H groups in total. The smallest absolute Gasteiger partial charge is 0.224 e. The van der Waals surface area contributed by atoms with Crippen LogP contribution in [0.5, 0.6) is 0 Å². The van der Waals surface area contributed by atoms with E-state index in [0.717, 1.165) is 24.5 Å². The van der Waals surface area contributed by atoms with Crippen molar-refractivity contribution in [3.05, 3.63) is 24.3 Å². The van der Waals surface area contributed by atoms with Crippen LogP contribution in [0.25, 0.3) is 0 Å². The van der Waals surface area contributed by atoms with Crippen LogP contribution < -0.4 is 16.0 Å². The molecule has 1 heterocycles. The van der Waals surface area contributed by atoms with Gasteiger partial charge in [0.05, 0.1) is 0 Å². The Hall–Kier alpha value is -1.88. The van der Waals surface area contributed by atoms with E-state index in [1.165, 1.54) is 0 Å². The molecule has 1 aliphatic heterocycles. The van der Waals surface area contributed by atoms with Crippen molar-refractivity contribution in [2.24, 2.45) is 5.92 Å². The largest absolute Gasteiger partial charge is 0.326 e. The number of carbonyl (C=O) groups is 2. The van der Waals surface area contributed by atoms with Crippen LogP contribution in [0.2, 0.25) is 0 Å². The molecule has 1 aromatic rings. The number of nitrogens with one attached hydrogen (secondary N) is 3. The molecule has 2 rings (SSSR count). The fourth-order valence-corrected chi connectivity index (χ4v) is 1.85. The summed E-state index contributed by atoms with van der Waals surface area (Å²) in [7, 11) is 0. The van der Waals surface area contributed by atoms with Gasteiger partial charge in [0, 0.05) is 24.2 Å². The lowest BCUT2D eigenvalue weighted by Gasteiger charge is -2.26. The molecule has 1 aliphatic rings. The van der Waals surface area contributed by atoms with Crippen molar-refractivity contribution in [2.75, 3.05) is 23.7 Å². The molecule has 102 valence electrons. The zero-order valence-corrected chi connectivity index (χ0v) is 11.0. The molecule has 5 heteroatoms. The van der Waals surface area contributed by atoms with Crippen molar-refractivity contribution in [3.63, 3.8) is 0 Å². The molecule has 1 saturated heterocycles. The van der Waals surface area contributed by atoms with Gasteiger partial charge in [-0.25, -0.2) is 0 Å². The van der Waals surface area contributed by atoms with E-state index < -0.39 is 0 Å². The second kappa shape index (κ2) is 6.33. The number of rotatable bonds is 5. The van der Waals surface area contributed by atoms with Crippen LogP contribution in [0, 0.1) is 5.92 Å². The highest BCUT2D eigenvalue weighted by atomic mass is 16.2. The fraction of sp³-hybridized carbons (Fsp3) is 0.429. The van der Waals surface area contributed by atoms with Gasteiger partial charge in [0.15, 0.2) is 0 Å². The Labute approximate surface area is 112 Å². The molecule has 0 bridgehead atoms.